The second-order valence-electron chi connectivity index (χ2n) is 4.36. The van der Waals surface area contributed by atoms with Crippen LogP contribution in [0.5, 0.6) is 0 Å². The topological polar surface area (TPSA) is 58.4 Å². The summed E-state index contributed by atoms with van der Waals surface area (Å²) in [6, 6.07) is 0. The lowest BCUT2D eigenvalue weighted by Gasteiger charge is -2.25. The lowest BCUT2D eigenvalue weighted by Crippen LogP contribution is -2.40. The fourth-order valence-corrected chi connectivity index (χ4v) is 1.41. The second-order valence-corrected chi connectivity index (χ2v) is 4.36. The third kappa shape index (κ3) is 3.06. The van der Waals surface area contributed by atoms with E-state index in [9.17, 15) is 9.90 Å². The largest absolute Gasteiger partial charge is 0.389 e. The van der Waals surface area contributed by atoms with Gasteiger partial charge in [0.2, 0.25) is 0 Å². The van der Waals surface area contributed by atoms with E-state index in [4.69, 9.17) is 0 Å². The molecule has 1 N–H and O–H groups in total. The van der Waals surface area contributed by atoms with Gasteiger partial charge in [0, 0.05) is 20.6 Å². The van der Waals surface area contributed by atoms with Crippen LogP contribution in [-0.4, -0.2) is 44.7 Å². The van der Waals surface area contributed by atoms with Gasteiger partial charge in [-0.3, -0.25) is 4.79 Å². The lowest BCUT2D eigenvalue weighted by atomic mass is 10.1. The molecule has 0 radical (unpaired) electrons. The number of aromatic nitrogens is 2. The predicted octanol–water partition coefficient (Wildman–Crippen LogP) is 0.263. The first-order chi connectivity index (χ1) is 6.81. The zero-order valence-electron chi connectivity index (χ0n) is 9.56. The Labute approximate surface area is 89.3 Å². The summed E-state index contributed by atoms with van der Waals surface area (Å²) in [6.45, 7) is 3.62. The third-order valence-corrected chi connectivity index (χ3v) is 2.01. The molecule has 84 valence electrons. The van der Waals surface area contributed by atoms with Gasteiger partial charge in [0.25, 0.3) is 5.91 Å². The quantitative estimate of drug-likeness (QED) is 0.780. The van der Waals surface area contributed by atoms with E-state index in [1.807, 2.05) is 0 Å². The molecule has 0 spiro atoms. The summed E-state index contributed by atoms with van der Waals surface area (Å²) in [4.78, 5) is 17.2. The Bertz CT molecular complexity index is 352. The summed E-state index contributed by atoms with van der Waals surface area (Å²) in [5.74, 6) is -0.142. The third-order valence-electron chi connectivity index (χ3n) is 2.01. The number of aryl methyl sites for hydroxylation is 1. The van der Waals surface area contributed by atoms with Gasteiger partial charge < -0.3 is 14.6 Å². The first kappa shape index (κ1) is 11.7. The highest BCUT2D eigenvalue weighted by Crippen LogP contribution is 2.07. The van der Waals surface area contributed by atoms with Crippen LogP contribution >= 0.6 is 0 Å². The number of likely N-dealkylation sites (N-methyl/N-ethyl adjacent to an activating group) is 1. The normalized spacial score (nSPS) is 11.5. The molecule has 1 aromatic heterocycles. The van der Waals surface area contributed by atoms with Gasteiger partial charge >= 0.3 is 0 Å². The number of imidazole rings is 1. The van der Waals surface area contributed by atoms with Crippen molar-refractivity contribution in [1.29, 1.82) is 0 Å². The molecule has 0 unspecified atom stereocenters. The number of carbonyl (C=O) groups is 1. The molecular weight excluding hydrogens is 194 g/mol. The van der Waals surface area contributed by atoms with Crippen molar-refractivity contribution in [3.63, 3.8) is 0 Å². The Morgan fingerprint density at radius 1 is 1.67 bits per heavy atom. The van der Waals surface area contributed by atoms with Gasteiger partial charge in [0.05, 0.1) is 18.1 Å². The molecule has 15 heavy (non-hydrogen) atoms. The van der Waals surface area contributed by atoms with Crippen molar-refractivity contribution in [2.24, 2.45) is 7.05 Å². The van der Waals surface area contributed by atoms with Crippen molar-refractivity contribution >= 4 is 5.91 Å². The average molecular weight is 211 g/mol. The number of rotatable bonds is 3. The molecular formula is C10H17N3O2. The number of aliphatic hydroxyl groups is 1. The van der Waals surface area contributed by atoms with Crippen LogP contribution in [0.1, 0.15) is 24.3 Å². The number of nitrogens with zero attached hydrogens (tertiary/aromatic N) is 3. The summed E-state index contributed by atoms with van der Waals surface area (Å²) < 4.78 is 1.66. The SMILES string of the molecule is CN(CC(C)(C)O)C(=O)c1cncn1C. The Kier molecular flexibility index (Phi) is 3.14. The number of hydrogen-bond acceptors (Lipinski definition) is 3. The number of carbonyl (C=O) groups excluding carboxylic acids is 1. The van der Waals surface area contributed by atoms with Gasteiger partial charge in [0.1, 0.15) is 5.69 Å². The molecule has 1 amide bonds. The molecule has 0 aliphatic carbocycles. The number of hydrogen-bond donors (Lipinski definition) is 1. The van der Waals surface area contributed by atoms with Crippen LogP contribution in [-0.2, 0) is 7.05 Å². The van der Waals surface area contributed by atoms with Gasteiger partial charge in [-0.25, -0.2) is 4.98 Å². The van der Waals surface area contributed by atoms with Crippen molar-refractivity contribution in [2.75, 3.05) is 13.6 Å². The van der Waals surface area contributed by atoms with E-state index in [0.717, 1.165) is 0 Å². The van der Waals surface area contributed by atoms with E-state index in [1.54, 1.807) is 38.8 Å². The van der Waals surface area contributed by atoms with Crippen LogP contribution in [0.25, 0.3) is 0 Å². The van der Waals surface area contributed by atoms with E-state index in [0.29, 0.717) is 5.69 Å². The zero-order chi connectivity index (χ0) is 11.6. The Morgan fingerprint density at radius 3 is 2.67 bits per heavy atom. The monoisotopic (exact) mass is 211 g/mol. The van der Waals surface area contributed by atoms with Crippen molar-refractivity contribution in [3.05, 3.63) is 18.2 Å². The Morgan fingerprint density at radius 2 is 2.27 bits per heavy atom. The molecule has 0 fully saturated rings. The molecule has 0 aliphatic heterocycles. The highest BCUT2D eigenvalue weighted by Gasteiger charge is 2.21. The van der Waals surface area contributed by atoms with Crippen molar-refractivity contribution in [2.45, 2.75) is 19.4 Å². The van der Waals surface area contributed by atoms with Crippen LogP contribution in [0.15, 0.2) is 12.5 Å². The molecule has 0 aliphatic rings. The van der Waals surface area contributed by atoms with Crippen LogP contribution in [0.3, 0.4) is 0 Å². The molecule has 1 aromatic rings. The van der Waals surface area contributed by atoms with Crippen molar-refractivity contribution in [1.82, 2.24) is 14.5 Å². The van der Waals surface area contributed by atoms with Crippen LogP contribution < -0.4 is 0 Å². The predicted molar refractivity (Wildman–Crippen MR) is 56.5 cm³/mol. The molecule has 0 atom stereocenters. The minimum atomic E-state index is -0.886. The van der Waals surface area contributed by atoms with Crippen LogP contribution in [0.4, 0.5) is 0 Å². The summed E-state index contributed by atoms with van der Waals surface area (Å²) in [5, 5.41) is 9.59. The van der Waals surface area contributed by atoms with Gasteiger partial charge in [-0.15, -0.1) is 0 Å². The maximum absolute atomic E-state index is 11.9. The lowest BCUT2D eigenvalue weighted by molar-refractivity contribution is 0.0363. The Hall–Kier alpha value is -1.36. The molecule has 1 heterocycles. The fourth-order valence-electron chi connectivity index (χ4n) is 1.41. The van der Waals surface area contributed by atoms with Crippen molar-refractivity contribution in [3.8, 4) is 0 Å². The van der Waals surface area contributed by atoms with Gasteiger partial charge in [-0.05, 0) is 13.8 Å². The zero-order valence-corrected chi connectivity index (χ0v) is 9.56. The molecule has 1 rings (SSSR count). The number of amides is 1. The summed E-state index contributed by atoms with van der Waals surface area (Å²) in [6.07, 6.45) is 3.09. The fraction of sp³-hybridized carbons (Fsp3) is 0.600. The standard InChI is InChI=1S/C10H17N3O2/c1-10(2,15)6-12(3)9(14)8-5-11-7-13(8)4/h5,7,15H,6H2,1-4H3. The van der Waals surface area contributed by atoms with Gasteiger partial charge in [0.15, 0.2) is 0 Å². The molecule has 0 aromatic carbocycles. The van der Waals surface area contributed by atoms with Crippen LogP contribution in [0, 0.1) is 0 Å². The van der Waals surface area contributed by atoms with Gasteiger partial charge in [-0.1, -0.05) is 0 Å². The average Bonchev–Trinajstić information content (AvgIpc) is 2.47. The molecule has 5 nitrogen and oxygen atoms in total. The Balaban J connectivity index is 2.74. The minimum absolute atomic E-state index is 0.142. The first-order valence-corrected chi connectivity index (χ1v) is 4.75. The highest BCUT2D eigenvalue weighted by molar-refractivity contribution is 5.92. The van der Waals surface area contributed by atoms with Crippen molar-refractivity contribution < 1.29 is 9.90 Å². The van der Waals surface area contributed by atoms with Gasteiger partial charge in [-0.2, -0.15) is 0 Å². The van der Waals surface area contributed by atoms with E-state index < -0.39 is 5.60 Å². The second kappa shape index (κ2) is 4.02. The maximum atomic E-state index is 11.9. The van der Waals surface area contributed by atoms with Crippen LogP contribution in [0.2, 0.25) is 0 Å². The van der Waals surface area contributed by atoms with E-state index in [-0.39, 0.29) is 12.5 Å². The first-order valence-electron chi connectivity index (χ1n) is 4.75. The summed E-state index contributed by atoms with van der Waals surface area (Å²) in [5.41, 5.74) is -0.370. The molecule has 0 saturated heterocycles. The highest BCUT2D eigenvalue weighted by atomic mass is 16.3. The maximum Gasteiger partial charge on any atom is 0.271 e. The molecule has 0 saturated carbocycles. The minimum Gasteiger partial charge on any atom is -0.389 e. The molecule has 0 bridgehead atoms. The van der Waals surface area contributed by atoms with E-state index in [1.165, 1.54) is 11.1 Å². The van der Waals surface area contributed by atoms with E-state index >= 15 is 0 Å². The van der Waals surface area contributed by atoms with E-state index in [2.05, 4.69) is 4.98 Å². The summed E-state index contributed by atoms with van der Waals surface area (Å²) in [7, 11) is 3.42. The smallest absolute Gasteiger partial charge is 0.271 e. The summed E-state index contributed by atoms with van der Waals surface area (Å²) >= 11 is 0. The molecule has 5 heteroatoms.